The molecule has 3 N–H and O–H groups in total. The highest BCUT2D eigenvalue weighted by Gasteiger charge is 2.11. The van der Waals surface area contributed by atoms with E-state index in [4.69, 9.17) is 23.2 Å². The van der Waals surface area contributed by atoms with Gasteiger partial charge >= 0.3 is 0 Å². The second kappa shape index (κ2) is 8.25. The van der Waals surface area contributed by atoms with Gasteiger partial charge in [0.2, 0.25) is 11.8 Å². The van der Waals surface area contributed by atoms with Crippen molar-refractivity contribution in [3.63, 3.8) is 0 Å². The number of aromatic nitrogens is 1. The van der Waals surface area contributed by atoms with Crippen LogP contribution in [-0.4, -0.2) is 23.3 Å². The molecule has 0 aliphatic heterocycles. The molecule has 0 unspecified atom stereocenters. The van der Waals surface area contributed by atoms with Crippen molar-refractivity contribution in [3.8, 4) is 0 Å². The van der Waals surface area contributed by atoms with Gasteiger partial charge in [-0.25, -0.2) is 0 Å². The zero-order valence-electron chi connectivity index (χ0n) is 13.8. The van der Waals surface area contributed by atoms with Crippen LogP contribution in [0.2, 0.25) is 10.0 Å². The number of benzene rings is 2. The van der Waals surface area contributed by atoms with Gasteiger partial charge in [0, 0.05) is 28.7 Å². The van der Waals surface area contributed by atoms with Gasteiger partial charge in [0.15, 0.2) is 0 Å². The van der Waals surface area contributed by atoms with E-state index in [1.54, 1.807) is 12.1 Å². The summed E-state index contributed by atoms with van der Waals surface area (Å²) in [6.45, 7) is 0.454. The Hall–Kier alpha value is -2.50. The third kappa shape index (κ3) is 4.56. The number of H-pyrrole nitrogens is 1. The predicted octanol–water partition coefficient (Wildman–Crippen LogP) is 4.16. The van der Waals surface area contributed by atoms with E-state index in [0.717, 1.165) is 16.5 Å². The van der Waals surface area contributed by atoms with Crippen molar-refractivity contribution in [2.24, 2.45) is 0 Å². The maximum Gasteiger partial charge on any atom is 0.233 e. The van der Waals surface area contributed by atoms with Gasteiger partial charge in [0.1, 0.15) is 6.42 Å². The number of anilines is 1. The Kier molecular flexibility index (Phi) is 5.81. The van der Waals surface area contributed by atoms with E-state index in [2.05, 4.69) is 15.6 Å². The van der Waals surface area contributed by atoms with Gasteiger partial charge in [-0.2, -0.15) is 0 Å². The molecule has 0 radical (unpaired) electrons. The number of hydrogen-bond donors (Lipinski definition) is 3. The molecule has 0 saturated carbocycles. The molecule has 2 aromatic carbocycles. The lowest BCUT2D eigenvalue weighted by Gasteiger charge is -2.08. The monoisotopic (exact) mass is 389 g/mol. The summed E-state index contributed by atoms with van der Waals surface area (Å²) in [4.78, 5) is 27.1. The van der Waals surface area contributed by atoms with E-state index in [1.807, 2.05) is 30.5 Å². The highest BCUT2D eigenvalue weighted by molar-refractivity contribution is 6.36. The summed E-state index contributed by atoms with van der Waals surface area (Å²) in [6.07, 6.45) is 2.35. The predicted molar refractivity (Wildman–Crippen MR) is 105 cm³/mol. The van der Waals surface area contributed by atoms with Gasteiger partial charge in [-0.05, 0) is 36.2 Å². The van der Waals surface area contributed by atoms with Crippen LogP contribution in [0.3, 0.4) is 0 Å². The van der Waals surface area contributed by atoms with Crippen LogP contribution in [0, 0.1) is 0 Å². The SMILES string of the molecule is O=C(CC(=O)Nc1ccc(Cl)cc1Cl)NCCc1c[nH]c2ccccc12. The smallest absolute Gasteiger partial charge is 0.233 e. The summed E-state index contributed by atoms with van der Waals surface area (Å²) < 4.78 is 0. The first kappa shape index (κ1) is 18.3. The van der Waals surface area contributed by atoms with Gasteiger partial charge in [0.05, 0.1) is 10.7 Å². The molecule has 26 heavy (non-hydrogen) atoms. The third-order valence-corrected chi connectivity index (χ3v) is 4.47. The molecule has 7 heteroatoms. The Morgan fingerprint density at radius 2 is 1.85 bits per heavy atom. The van der Waals surface area contributed by atoms with E-state index < -0.39 is 5.91 Å². The molecule has 1 heterocycles. The lowest BCUT2D eigenvalue weighted by molar-refractivity contribution is -0.126. The molecular formula is C19H17Cl2N3O2. The Morgan fingerprint density at radius 1 is 1.04 bits per heavy atom. The molecule has 0 bridgehead atoms. The van der Waals surface area contributed by atoms with Crippen molar-refractivity contribution < 1.29 is 9.59 Å². The number of carbonyl (C=O) groups excluding carboxylic acids is 2. The molecule has 1 aromatic heterocycles. The average Bonchev–Trinajstić information content (AvgIpc) is 3.01. The van der Waals surface area contributed by atoms with Crippen molar-refractivity contribution >= 4 is 51.6 Å². The molecule has 0 aliphatic carbocycles. The van der Waals surface area contributed by atoms with Crippen molar-refractivity contribution in [2.75, 3.05) is 11.9 Å². The van der Waals surface area contributed by atoms with E-state index in [0.29, 0.717) is 28.7 Å². The summed E-state index contributed by atoms with van der Waals surface area (Å²) in [6, 6.07) is 12.7. The number of aromatic amines is 1. The second-order valence-corrected chi connectivity index (χ2v) is 6.65. The highest BCUT2D eigenvalue weighted by atomic mass is 35.5. The van der Waals surface area contributed by atoms with Crippen LogP contribution in [-0.2, 0) is 16.0 Å². The minimum atomic E-state index is -0.432. The number of carbonyl (C=O) groups is 2. The number of para-hydroxylation sites is 1. The van der Waals surface area contributed by atoms with Crippen molar-refractivity contribution in [1.29, 1.82) is 0 Å². The molecule has 0 atom stereocenters. The topological polar surface area (TPSA) is 74.0 Å². The van der Waals surface area contributed by atoms with Gasteiger partial charge in [-0.1, -0.05) is 41.4 Å². The standard InChI is InChI=1S/C19H17Cl2N3O2/c20-13-5-6-17(15(21)9-13)24-19(26)10-18(25)22-8-7-12-11-23-16-4-2-1-3-14(12)16/h1-6,9,11,23H,7-8,10H2,(H,22,25)(H,24,26). The number of amides is 2. The van der Waals surface area contributed by atoms with E-state index in [1.165, 1.54) is 6.07 Å². The molecule has 134 valence electrons. The normalized spacial score (nSPS) is 10.7. The maximum absolute atomic E-state index is 12.0. The number of rotatable bonds is 6. The fourth-order valence-corrected chi connectivity index (χ4v) is 3.12. The minimum absolute atomic E-state index is 0.271. The molecule has 3 rings (SSSR count). The molecular weight excluding hydrogens is 373 g/mol. The summed E-state index contributed by atoms with van der Waals surface area (Å²) >= 11 is 11.8. The molecule has 3 aromatic rings. The minimum Gasteiger partial charge on any atom is -0.361 e. The van der Waals surface area contributed by atoms with Crippen LogP contribution in [0.5, 0.6) is 0 Å². The molecule has 0 spiro atoms. The number of hydrogen-bond acceptors (Lipinski definition) is 2. The van der Waals surface area contributed by atoms with Crippen molar-refractivity contribution in [1.82, 2.24) is 10.3 Å². The Morgan fingerprint density at radius 3 is 2.65 bits per heavy atom. The molecule has 0 saturated heterocycles. The van der Waals surface area contributed by atoms with Gasteiger partial charge in [-0.15, -0.1) is 0 Å². The first-order valence-corrected chi connectivity index (χ1v) is 8.85. The number of nitrogens with one attached hydrogen (secondary N) is 3. The lowest BCUT2D eigenvalue weighted by Crippen LogP contribution is -2.29. The fraction of sp³-hybridized carbons (Fsp3) is 0.158. The Balaban J connectivity index is 1.47. The first-order valence-electron chi connectivity index (χ1n) is 8.09. The van der Waals surface area contributed by atoms with Crippen LogP contribution in [0.15, 0.2) is 48.7 Å². The van der Waals surface area contributed by atoms with Crippen LogP contribution >= 0.6 is 23.2 Å². The highest BCUT2D eigenvalue weighted by Crippen LogP contribution is 2.25. The van der Waals surface area contributed by atoms with Crippen LogP contribution in [0.4, 0.5) is 5.69 Å². The van der Waals surface area contributed by atoms with E-state index in [9.17, 15) is 9.59 Å². The fourth-order valence-electron chi connectivity index (χ4n) is 2.67. The molecule has 2 amide bonds. The van der Waals surface area contributed by atoms with Crippen LogP contribution < -0.4 is 10.6 Å². The molecule has 0 aliphatic rings. The zero-order chi connectivity index (χ0) is 18.5. The van der Waals surface area contributed by atoms with Gasteiger partial charge in [0.25, 0.3) is 0 Å². The second-order valence-electron chi connectivity index (χ2n) is 5.81. The molecule has 5 nitrogen and oxygen atoms in total. The third-order valence-electron chi connectivity index (χ3n) is 3.92. The number of fused-ring (bicyclic) bond motifs is 1. The average molecular weight is 390 g/mol. The maximum atomic E-state index is 12.0. The zero-order valence-corrected chi connectivity index (χ0v) is 15.3. The van der Waals surface area contributed by atoms with Gasteiger partial charge in [-0.3, -0.25) is 9.59 Å². The van der Waals surface area contributed by atoms with Crippen molar-refractivity contribution in [3.05, 3.63) is 64.3 Å². The number of halogens is 2. The van der Waals surface area contributed by atoms with Crippen molar-refractivity contribution in [2.45, 2.75) is 12.8 Å². The van der Waals surface area contributed by atoms with E-state index >= 15 is 0 Å². The summed E-state index contributed by atoms with van der Waals surface area (Å²) in [5.74, 6) is -0.772. The summed E-state index contributed by atoms with van der Waals surface area (Å²) in [5, 5.41) is 7.30. The van der Waals surface area contributed by atoms with E-state index in [-0.39, 0.29) is 12.3 Å². The quantitative estimate of drug-likeness (QED) is 0.553. The van der Waals surface area contributed by atoms with Gasteiger partial charge < -0.3 is 15.6 Å². The largest absolute Gasteiger partial charge is 0.361 e. The van der Waals surface area contributed by atoms with Crippen LogP contribution in [0.1, 0.15) is 12.0 Å². The summed E-state index contributed by atoms with van der Waals surface area (Å²) in [5.41, 5.74) is 2.61. The lowest BCUT2D eigenvalue weighted by atomic mass is 10.1. The Bertz CT molecular complexity index is 953. The Labute approximate surface area is 160 Å². The van der Waals surface area contributed by atoms with Crippen LogP contribution in [0.25, 0.3) is 10.9 Å². The summed E-state index contributed by atoms with van der Waals surface area (Å²) in [7, 11) is 0. The first-order chi connectivity index (χ1) is 12.5. The molecule has 0 fully saturated rings.